The third kappa shape index (κ3) is 2.77. The standard InChI is InChI=1S/C12H19N3O/c1-10(16)12-4-2-3-5-15(12)8-11-6-13-9-14-7-11/h6-7,9-10,12,16H,2-5,8H2,1H3. The van der Waals surface area contributed by atoms with Gasteiger partial charge in [0.2, 0.25) is 0 Å². The van der Waals surface area contributed by atoms with Crippen molar-refractivity contribution < 1.29 is 5.11 Å². The van der Waals surface area contributed by atoms with Gasteiger partial charge in [0.1, 0.15) is 6.33 Å². The lowest BCUT2D eigenvalue weighted by Crippen LogP contribution is -2.45. The van der Waals surface area contributed by atoms with Gasteiger partial charge >= 0.3 is 0 Å². The number of nitrogens with zero attached hydrogens (tertiary/aromatic N) is 3. The van der Waals surface area contributed by atoms with Crippen molar-refractivity contribution in [1.82, 2.24) is 14.9 Å². The Kier molecular flexibility index (Phi) is 3.85. The van der Waals surface area contributed by atoms with Crippen LogP contribution in [0.5, 0.6) is 0 Å². The molecule has 4 heteroatoms. The van der Waals surface area contributed by atoms with E-state index in [2.05, 4.69) is 14.9 Å². The average molecular weight is 221 g/mol. The van der Waals surface area contributed by atoms with Crippen LogP contribution in [0.25, 0.3) is 0 Å². The summed E-state index contributed by atoms with van der Waals surface area (Å²) in [6.07, 6.45) is 8.51. The Morgan fingerprint density at radius 1 is 1.44 bits per heavy atom. The van der Waals surface area contributed by atoms with Crippen LogP contribution < -0.4 is 0 Å². The lowest BCUT2D eigenvalue weighted by Gasteiger charge is -2.37. The van der Waals surface area contributed by atoms with Crippen LogP contribution in [-0.2, 0) is 6.54 Å². The van der Waals surface area contributed by atoms with E-state index in [9.17, 15) is 5.11 Å². The molecule has 0 bridgehead atoms. The molecule has 1 aromatic heterocycles. The first kappa shape index (κ1) is 11.5. The van der Waals surface area contributed by atoms with Crippen molar-refractivity contribution in [1.29, 1.82) is 0 Å². The summed E-state index contributed by atoms with van der Waals surface area (Å²) >= 11 is 0. The first-order valence-corrected chi connectivity index (χ1v) is 5.93. The highest BCUT2D eigenvalue weighted by Crippen LogP contribution is 2.21. The smallest absolute Gasteiger partial charge is 0.115 e. The predicted molar refractivity (Wildman–Crippen MR) is 61.8 cm³/mol. The number of likely N-dealkylation sites (tertiary alicyclic amines) is 1. The van der Waals surface area contributed by atoms with Crippen LogP contribution in [0.1, 0.15) is 31.7 Å². The molecule has 1 saturated heterocycles. The molecule has 0 aliphatic carbocycles. The van der Waals surface area contributed by atoms with Gasteiger partial charge < -0.3 is 5.11 Å². The summed E-state index contributed by atoms with van der Waals surface area (Å²) in [5.74, 6) is 0. The van der Waals surface area contributed by atoms with Crippen molar-refractivity contribution in [2.75, 3.05) is 6.54 Å². The molecule has 1 aliphatic heterocycles. The Bertz CT molecular complexity index is 315. The van der Waals surface area contributed by atoms with E-state index in [4.69, 9.17) is 0 Å². The minimum absolute atomic E-state index is 0.259. The maximum absolute atomic E-state index is 9.75. The molecule has 88 valence electrons. The fraction of sp³-hybridized carbons (Fsp3) is 0.667. The summed E-state index contributed by atoms with van der Waals surface area (Å²) in [7, 11) is 0. The number of aromatic nitrogens is 2. The van der Waals surface area contributed by atoms with E-state index in [0.29, 0.717) is 0 Å². The molecule has 0 spiro atoms. The molecular weight excluding hydrogens is 202 g/mol. The van der Waals surface area contributed by atoms with Crippen molar-refractivity contribution >= 4 is 0 Å². The topological polar surface area (TPSA) is 49.2 Å². The van der Waals surface area contributed by atoms with Gasteiger partial charge in [-0.3, -0.25) is 4.90 Å². The second-order valence-corrected chi connectivity index (χ2v) is 4.52. The van der Waals surface area contributed by atoms with E-state index in [1.807, 2.05) is 19.3 Å². The molecule has 1 aromatic rings. The molecule has 0 saturated carbocycles. The predicted octanol–water partition coefficient (Wildman–Crippen LogP) is 1.21. The third-order valence-corrected chi connectivity index (χ3v) is 3.22. The normalized spacial score (nSPS) is 24.2. The Morgan fingerprint density at radius 3 is 2.88 bits per heavy atom. The second kappa shape index (κ2) is 5.37. The largest absolute Gasteiger partial charge is 0.392 e. The van der Waals surface area contributed by atoms with E-state index in [1.54, 1.807) is 6.33 Å². The zero-order valence-electron chi connectivity index (χ0n) is 9.71. The van der Waals surface area contributed by atoms with Gasteiger partial charge in [-0.05, 0) is 26.3 Å². The minimum atomic E-state index is -0.259. The van der Waals surface area contributed by atoms with Crippen LogP contribution in [0.3, 0.4) is 0 Å². The molecule has 0 aromatic carbocycles. The molecule has 16 heavy (non-hydrogen) atoms. The number of aliphatic hydroxyl groups excluding tert-OH is 1. The molecule has 0 amide bonds. The zero-order valence-corrected chi connectivity index (χ0v) is 9.71. The fourth-order valence-corrected chi connectivity index (χ4v) is 2.41. The van der Waals surface area contributed by atoms with Crippen LogP contribution in [0, 0.1) is 0 Å². The van der Waals surface area contributed by atoms with Crippen LogP contribution in [0.2, 0.25) is 0 Å². The number of hydrogen-bond donors (Lipinski definition) is 1. The Labute approximate surface area is 96.3 Å². The van der Waals surface area contributed by atoms with E-state index < -0.39 is 0 Å². The van der Waals surface area contributed by atoms with E-state index in [1.165, 1.54) is 12.8 Å². The van der Waals surface area contributed by atoms with Crippen molar-refractivity contribution in [3.05, 3.63) is 24.3 Å². The number of aliphatic hydroxyl groups is 1. The van der Waals surface area contributed by atoms with Gasteiger partial charge in [0.15, 0.2) is 0 Å². The van der Waals surface area contributed by atoms with E-state index in [0.717, 1.165) is 25.1 Å². The molecule has 4 nitrogen and oxygen atoms in total. The Balaban J connectivity index is 2.01. The second-order valence-electron chi connectivity index (χ2n) is 4.52. The highest BCUT2D eigenvalue weighted by Gasteiger charge is 2.25. The molecule has 1 aliphatic rings. The summed E-state index contributed by atoms with van der Waals surface area (Å²) in [4.78, 5) is 10.4. The van der Waals surface area contributed by atoms with E-state index >= 15 is 0 Å². The molecule has 1 fully saturated rings. The van der Waals surface area contributed by atoms with Crippen molar-refractivity contribution in [2.24, 2.45) is 0 Å². The van der Waals surface area contributed by atoms with Gasteiger partial charge in [0.05, 0.1) is 6.10 Å². The van der Waals surface area contributed by atoms with Crippen molar-refractivity contribution in [2.45, 2.75) is 44.9 Å². The summed E-state index contributed by atoms with van der Waals surface area (Å²) < 4.78 is 0. The molecular formula is C12H19N3O. The van der Waals surface area contributed by atoms with Crippen LogP contribution in [0.4, 0.5) is 0 Å². The number of hydrogen-bond acceptors (Lipinski definition) is 4. The van der Waals surface area contributed by atoms with Crippen LogP contribution in [0.15, 0.2) is 18.7 Å². The Hall–Kier alpha value is -1.00. The summed E-state index contributed by atoms with van der Waals surface area (Å²) in [5, 5.41) is 9.75. The van der Waals surface area contributed by atoms with Crippen LogP contribution in [-0.4, -0.2) is 38.7 Å². The van der Waals surface area contributed by atoms with Crippen LogP contribution >= 0.6 is 0 Å². The van der Waals surface area contributed by atoms with Gasteiger partial charge in [-0.2, -0.15) is 0 Å². The van der Waals surface area contributed by atoms with E-state index in [-0.39, 0.29) is 12.1 Å². The van der Waals surface area contributed by atoms with Gasteiger partial charge in [0.25, 0.3) is 0 Å². The summed E-state index contributed by atoms with van der Waals surface area (Å²) in [6.45, 7) is 3.78. The third-order valence-electron chi connectivity index (χ3n) is 3.22. The first-order chi connectivity index (χ1) is 7.77. The molecule has 2 heterocycles. The Morgan fingerprint density at radius 2 is 2.19 bits per heavy atom. The molecule has 0 radical (unpaired) electrons. The van der Waals surface area contributed by atoms with Crippen molar-refractivity contribution in [3.63, 3.8) is 0 Å². The lowest BCUT2D eigenvalue weighted by atomic mass is 9.98. The highest BCUT2D eigenvalue weighted by molar-refractivity contribution is 5.03. The quantitative estimate of drug-likeness (QED) is 0.833. The maximum Gasteiger partial charge on any atom is 0.115 e. The molecule has 2 atom stereocenters. The molecule has 1 N–H and O–H groups in total. The molecule has 2 unspecified atom stereocenters. The van der Waals surface area contributed by atoms with Gasteiger partial charge in [-0.15, -0.1) is 0 Å². The fourth-order valence-electron chi connectivity index (χ4n) is 2.41. The van der Waals surface area contributed by atoms with Gasteiger partial charge in [0, 0.05) is 30.5 Å². The average Bonchev–Trinajstić information content (AvgIpc) is 2.31. The highest BCUT2D eigenvalue weighted by atomic mass is 16.3. The SMILES string of the molecule is CC(O)C1CCCCN1Cc1cncnc1. The first-order valence-electron chi connectivity index (χ1n) is 5.93. The summed E-state index contributed by atoms with van der Waals surface area (Å²) in [6, 6.07) is 0.286. The number of piperidine rings is 1. The molecule has 2 rings (SSSR count). The van der Waals surface area contributed by atoms with Crippen molar-refractivity contribution in [3.8, 4) is 0 Å². The minimum Gasteiger partial charge on any atom is -0.392 e. The van der Waals surface area contributed by atoms with Gasteiger partial charge in [-0.1, -0.05) is 6.42 Å². The monoisotopic (exact) mass is 221 g/mol. The lowest BCUT2D eigenvalue weighted by molar-refractivity contribution is 0.0315. The number of rotatable bonds is 3. The zero-order chi connectivity index (χ0) is 11.4. The maximum atomic E-state index is 9.75. The summed E-state index contributed by atoms with van der Waals surface area (Å²) in [5.41, 5.74) is 1.12. The van der Waals surface area contributed by atoms with Gasteiger partial charge in [-0.25, -0.2) is 9.97 Å².